The van der Waals surface area contributed by atoms with Gasteiger partial charge in [-0.15, -0.1) is 0 Å². The van der Waals surface area contributed by atoms with Crippen LogP contribution in [-0.2, 0) is 20.9 Å². The largest absolute Gasteiger partial charge is 0.329 e. The smallest absolute Gasteiger partial charge is 0.193 e. The molecule has 0 N–H and O–H groups in total. The summed E-state index contributed by atoms with van der Waals surface area (Å²) in [6, 6.07) is 21.1. The maximum atomic E-state index is 5.86. The van der Waals surface area contributed by atoms with Crippen molar-refractivity contribution >= 4 is 36.8 Å². The molecule has 0 unspecified atom stereocenters. The maximum absolute atomic E-state index is 5.86. The molecule has 0 aliphatic rings. The summed E-state index contributed by atoms with van der Waals surface area (Å²) in [7, 11) is -0.567. The molecule has 0 bridgehead atoms. The van der Waals surface area contributed by atoms with E-state index in [1.165, 1.54) is 10.6 Å². The van der Waals surface area contributed by atoms with Crippen LogP contribution in [0.3, 0.4) is 0 Å². The van der Waals surface area contributed by atoms with E-state index in [1.807, 2.05) is 26.0 Å². The average Bonchev–Trinajstić information content (AvgIpc) is 2.55. The third-order valence-corrected chi connectivity index (χ3v) is 10.4. The van der Waals surface area contributed by atoms with E-state index in [-0.39, 0.29) is 0 Å². The normalized spacial score (nSPS) is 11.8. The highest BCUT2D eigenvalue weighted by Crippen LogP contribution is 2.57. The highest BCUT2D eigenvalue weighted by Gasteiger charge is 2.26. The van der Waals surface area contributed by atoms with E-state index in [0.29, 0.717) is 13.2 Å². The Morgan fingerprint density at radius 1 is 0.818 bits per heavy atom. The molecule has 0 saturated carbocycles. The van der Waals surface area contributed by atoms with Crippen molar-refractivity contribution in [3.63, 3.8) is 0 Å². The summed E-state index contributed by atoms with van der Waals surface area (Å²) >= 11 is 5.76. The average molecular weight is 352 g/mol. The molecule has 0 spiro atoms. The second-order valence-corrected chi connectivity index (χ2v) is 11.1. The van der Waals surface area contributed by atoms with E-state index in [1.54, 1.807) is 0 Å². The topological polar surface area (TPSA) is 18.5 Å². The van der Waals surface area contributed by atoms with Gasteiger partial charge in [-0.05, 0) is 44.2 Å². The molecule has 2 aromatic rings. The maximum Gasteiger partial charge on any atom is 0.193 e. The van der Waals surface area contributed by atoms with E-state index in [0.717, 1.165) is 5.90 Å². The lowest BCUT2D eigenvalue weighted by atomic mass is 10.4. The fraction of sp³-hybridized carbons (Fsp3) is 0.294. The van der Waals surface area contributed by atoms with Gasteiger partial charge in [-0.3, -0.25) is 0 Å². The first-order valence-electron chi connectivity index (χ1n) is 7.44. The van der Waals surface area contributed by atoms with Crippen molar-refractivity contribution in [3.05, 3.63) is 60.7 Å². The summed E-state index contributed by atoms with van der Waals surface area (Å²) in [4.78, 5) is 0. The quantitative estimate of drug-likeness (QED) is 0.654. The predicted molar refractivity (Wildman–Crippen MR) is 101 cm³/mol. The third kappa shape index (κ3) is 4.98. The molecule has 0 radical (unpaired) electrons. The van der Waals surface area contributed by atoms with E-state index >= 15 is 0 Å². The molecule has 0 saturated heterocycles. The van der Waals surface area contributed by atoms with Crippen LogP contribution < -0.4 is 10.6 Å². The first-order chi connectivity index (χ1) is 10.7. The highest BCUT2D eigenvalue weighted by atomic mass is 32.5. The molecule has 0 aliphatic heterocycles. The number of hydrogen-bond donors (Lipinski definition) is 0. The highest BCUT2D eigenvalue weighted by molar-refractivity contribution is 8.13. The van der Waals surface area contributed by atoms with Crippen LogP contribution in [0.5, 0.6) is 0 Å². The second-order valence-electron chi connectivity index (χ2n) is 4.69. The fourth-order valence-electron chi connectivity index (χ4n) is 2.21. The van der Waals surface area contributed by atoms with Crippen LogP contribution in [-0.4, -0.2) is 19.1 Å². The number of hydrogen-bond acceptors (Lipinski definition) is 3. The predicted octanol–water partition coefficient (Wildman–Crippen LogP) is 4.46. The summed E-state index contributed by atoms with van der Waals surface area (Å²) in [6.07, 6.45) is 0. The molecule has 0 aliphatic carbocycles. The molecule has 22 heavy (non-hydrogen) atoms. The number of rotatable bonds is 8. The van der Waals surface area contributed by atoms with Crippen LogP contribution in [0.1, 0.15) is 13.8 Å². The molecule has 2 nitrogen and oxygen atoms in total. The Hall–Kier alpha value is -0.560. The Kier molecular flexibility index (Phi) is 7.21. The van der Waals surface area contributed by atoms with Gasteiger partial charge in [0.25, 0.3) is 0 Å². The Balaban J connectivity index is 2.35. The number of benzene rings is 2. The van der Waals surface area contributed by atoms with Gasteiger partial charge in [0.15, 0.2) is 6.49 Å². The van der Waals surface area contributed by atoms with Gasteiger partial charge in [-0.1, -0.05) is 60.7 Å². The Labute approximate surface area is 139 Å². The molecule has 0 atom stereocenters. The van der Waals surface area contributed by atoms with Crippen LogP contribution in [0.4, 0.5) is 0 Å². The first-order valence-corrected chi connectivity index (χ1v) is 11.8. The van der Waals surface area contributed by atoms with Gasteiger partial charge in [0.2, 0.25) is 0 Å². The van der Waals surface area contributed by atoms with Gasteiger partial charge in [-0.2, -0.15) is 0 Å². The van der Waals surface area contributed by atoms with Crippen molar-refractivity contribution in [2.75, 3.05) is 19.1 Å². The molecule has 2 aromatic carbocycles. The van der Waals surface area contributed by atoms with E-state index in [4.69, 9.17) is 20.9 Å². The van der Waals surface area contributed by atoms with Crippen LogP contribution >= 0.6 is 14.4 Å². The van der Waals surface area contributed by atoms with E-state index < -0.39 is 14.4 Å². The fourth-order valence-corrected chi connectivity index (χ4v) is 9.45. The zero-order valence-corrected chi connectivity index (χ0v) is 15.6. The Morgan fingerprint density at radius 2 is 1.23 bits per heavy atom. The third-order valence-electron chi connectivity index (χ3n) is 3.10. The standard InChI is InChI=1S/C17H22O2P2S/c1-3-18-21(22,19-4-2)15-20(16-11-7-5-8-12-16)17-13-9-6-10-14-17/h5-14H,3-4,15H2,1-2H3. The SMILES string of the molecule is CCOP(=S)(CP(c1ccccc1)c1ccccc1)OCC. The van der Waals surface area contributed by atoms with Gasteiger partial charge in [-0.25, -0.2) is 0 Å². The van der Waals surface area contributed by atoms with Gasteiger partial charge in [0.1, 0.15) is 0 Å². The summed E-state index contributed by atoms with van der Waals surface area (Å²) in [5.74, 6) is 0.785. The summed E-state index contributed by atoms with van der Waals surface area (Å²) < 4.78 is 11.7. The minimum Gasteiger partial charge on any atom is -0.329 e. The molecule has 5 heteroatoms. The van der Waals surface area contributed by atoms with Gasteiger partial charge in [0, 0.05) is 0 Å². The molecule has 0 heterocycles. The molecule has 0 amide bonds. The summed E-state index contributed by atoms with van der Waals surface area (Å²) in [6.45, 7) is 2.92. The van der Waals surface area contributed by atoms with E-state index in [9.17, 15) is 0 Å². The van der Waals surface area contributed by atoms with Gasteiger partial charge < -0.3 is 9.05 Å². The molecule has 118 valence electrons. The molecule has 0 fully saturated rings. The lowest BCUT2D eigenvalue weighted by Crippen LogP contribution is -2.15. The van der Waals surface area contributed by atoms with Crippen molar-refractivity contribution in [1.29, 1.82) is 0 Å². The van der Waals surface area contributed by atoms with Crippen molar-refractivity contribution in [2.45, 2.75) is 13.8 Å². The van der Waals surface area contributed by atoms with Crippen molar-refractivity contribution < 1.29 is 9.05 Å². The Bertz CT molecular complexity index is 555. The van der Waals surface area contributed by atoms with Gasteiger partial charge in [0.05, 0.1) is 19.1 Å². The minimum absolute atomic E-state index is 0.567. The lowest BCUT2D eigenvalue weighted by Gasteiger charge is -2.27. The zero-order chi connectivity index (χ0) is 15.8. The van der Waals surface area contributed by atoms with Gasteiger partial charge >= 0.3 is 0 Å². The molecular formula is C17H22O2P2S. The van der Waals surface area contributed by atoms with Crippen LogP contribution in [0.15, 0.2) is 60.7 Å². The van der Waals surface area contributed by atoms with Crippen LogP contribution in [0, 0.1) is 0 Å². The summed E-state index contributed by atoms with van der Waals surface area (Å²) in [5, 5.41) is 2.63. The molecule has 0 aromatic heterocycles. The monoisotopic (exact) mass is 352 g/mol. The zero-order valence-electron chi connectivity index (χ0n) is 13.0. The van der Waals surface area contributed by atoms with Crippen molar-refractivity contribution in [2.24, 2.45) is 0 Å². The van der Waals surface area contributed by atoms with Crippen LogP contribution in [0.25, 0.3) is 0 Å². The van der Waals surface area contributed by atoms with Crippen LogP contribution in [0.2, 0.25) is 0 Å². The van der Waals surface area contributed by atoms with E-state index in [2.05, 4.69) is 48.5 Å². The lowest BCUT2D eigenvalue weighted by molar-refractivity contribution is 0.270. The molecular weight excluding hydrogens is 330 g/mol. The molecule has 2 rings (SSSR count). The van der Waals surface area contributed by atoms with Crippen molar-refractivity contribution in [3.8, 4) is 0 Å². The first kappa shape index (κ1) is 17.8. The Morgan fingerprint density at radius 3 is 1.59 bits per heavy atom. The minimum atomic E-state index is -2.24. The second kappa shape index (κ2) is 8.91. The van der Waals surface area contributed by atoms with Crippen molar-refractivity contribution in [1.82, 2.24) is 0 Å². The summed E-state index contributed by atoms with van der Waals surface area (Å²) in [5.41, 5.74) is 0.